The molecule has 0 spiro atoms. The lowest BCUT2D eigenvalue weighted by Gasteiger charge is -2.11. The van der Waals surface area contributed by atoms with Gasteiger partial charge in [-0.2, -0.15) is 0 Å². The molecule has 0 fully saturated rings. The quantitative estimate of drug-likeness (QED) is 0.545. The van der Waals surface area contributed by atoms with Gasteiger partial charge in [0.25, 0.3) is 5.91 Å². The molecule has 0 radical (unpaired) electrons. The van der Waals surface area contributed by atoms with E-state index in [0.717, 1.165) is 33.5 Å². The monoisotopic (exact) mass is 354 g/mol. The molecule has 2 aromatic carbocycles. The van der Waals surface area contributed by atoms with Gasteiger partial charge in [0.15, 0.2) is 0 Å². The number of pyridine rings is 2. The van der Waals surface area contributed by atoms with Crippen LogP contribution in [0, 0.1) is 6.92 Å². The van der Waals surface area contributed by atoms with E-state index in [1.165, 1.54) is 0 Å². The zero-order valence-corrected chi connectivity index (χ0v) is 14.8. The first-order chi connectivity index (χ1) is 13.2. The molecular weight excluding hydrogens is 336 g/mol. The normalized spacial score (nSPS) is 10.6. The smallest absolute Gasteiger partial charge is 0.274 e. The van der Waals surface area contributed by atoms with Crippen LogP contribution in [-0.2, 0) is 0 Å². The number of carbonyl (C=O) groups excluding carboxylic acids is 1. The van der Waals surface area contributed by atoms with Gasteiger partial charge < -0.3 is 10.6 Å². The number of hydrogen-bond donors (Lipinski definition) is 2. The number of amides is 1. The van der Waals surface area contributed by atoms with Gasteiger partial charge in [-0.15, -0.1) is 0 Å². The number of benzene rings is 2. The second-order valence-corrected chi connectivity index (χ2v) is 6.20. The summed E-state index contributed by atoms with van der Waals surface area (Å²) in [6.45, 7) is 1.95. The average Bonchev–Trinajstić information content (AvgIpc) is 2.70. The van der Waals surface area contributed by atoms with E-state index in [1.807, 2.05) is 67.6 Å². The molecule has 4 rings (SSSR count). The van der Waals surface area contributed by atoms with Crippen molar-refractivity contribution in [2.24, 2.45) is 0 Å². The van der Waals surface area contributed by atoms with Gasteiger partial charge in [0.1, 0.15) is 5.69 Å². The zero-order valence-electron chi connectivity index (χ0n) is 14.8. The number of nitrogens with zero attached hydrogens (tertiary/aromatic N) is 2. The molecule has 5 nitrogen and oxygen atoms in total. The summed E-state index contributed by atoms with van der Waals surface area (Å²) >= 11 is 0. The van der Waals surface area contributed by atoms with Gasteiger partial charge >= 0.3 is 0 Å². The van der Waals surface area contributed by atoms with Crippen LogP contribution >= 0.6 is 0 Å². The summed E-state index contributed by atoms with van der Waals surface area (Å²) in [5, 5.41) is 7.29. The molecule has 2 heterocycles. The van der Waals surface area contributed by atoms with E-state index in [1.54, 1.807) is 18.5 Å². The lowest BCUT2D eigenvalue weighted by atomic mass is 10.2. The van der Waals surface area contributed by atoms with E-state index in [4.69, 9.17) is 0 Å². The van der Waals surface area contributed by atoms with Gasteiger partial charge in [0, 0.05) is 29.2 Å². The Labute approximate surface area is 157 Å². The minimum absolute atomic E-state index is 0.246. The highest BCUT2D eigenvalue weighted by molar-refractivity contribution is 6.04. The highest BCUT2D eigenvalue weighted by Crippen LogP contribution is 2.25. The minimum Gasteiger partial charge on any atom is -0.354 e. The summed E-state index contributed by atoms with van der Waals surface area (Å²) in [5.41, 5.74) is 4.66. The standard InChI is InChI=1S/C22H18N4O/c1-15-6-2-3-9-18(15)26-22(27)20-14-17(11-13-23-20)25-19-10-4-7-16-8-5-12-24-21(16)19/h2-14H,1H3,(H,23,25)(H,26,27). The zero-order chi connectivity index (χ0) is 18.6. The minimum atomic E-state index is -0.246. The molecule has 0 bridgehead atoms. The number of hydrogen-bond acceptors (Lipinski definition) is 4. The Morgan fingerprint density at radius 3 is 2.56 bits per heavy atom. The van der Waals surface area contributed by atoms with Crippen molar-refractivity contribution in [2.45, 2.75) is 6.92 Å². The lowest BCUT2D eigenvalue weighted by molar-refractivity contribution is 0.102. The van der Waals surface area contributed by atoms with Crippen LogP contribution in [-0.4, -0.2) is 15.9 Å². The number of aryl methyl sites for hydroxylation is 1. The molecule has 5 heteroatoms. The van der Waals surface area contributed by atoms with Crippen molar-refractivity contribution < 1.29 is 4.79 Å². The fourth-order valence-corrected chi connectivity index (χ4v) is 2.89. The summed E-state index contributed by atoms with van der Waals surface area (Å²) in [4.78, 5) is 21.2. The largest absolute Gasteiger partial charge is 0.354 e. The molecule has 0 unspecified atom stereocenters. The summed E-state index contributed by atoms with van der Waals surface area (Å²) in [7, 11) is 0. The van der Waals surface area contributed by atoms with Crippen LogP contribution in [0.15, 0.2) is 79.1 Å². The molecule has 1 amide bonds. The molecule has 0 atom stereocenters. The van der Waals surface area contributed by atoms with Crippen LogP contribution in [0.2, 0.25) is 0 Å². The predicted octanol–water partition coefficient (Wildman–Crippen LogP) is 4.93. The highest BCUT2D eigenvalue weighted by Gasteiger charge is 2.10. The van der Waals surface area contributed by atoms with E-state index in [2.05, 4.69) is 20.6 Å². The van der Waals surface area contributed by atoms with Gasteiger partial charge in [0.05, 0.1) is 11.2 Å². The molecule has 0 saturated heterocycles. The molecule has 2 N–H and O–H groups in total. The van der Waals surface area contributed by atoms with Crippen molar-refractivity contribution in [3.8, 4) is 0 Å². The Bertz CT molecular complexity index is 1120. The number of para-hydroxylation sites is 2. The molecule has 0 saturated carbocycles. The Hall–Kier alpha value is -3.73. The number of nitrogens with one attached hydrogen (secondary N) is 2. The van der Waals surface area contributed by atoms with Crippen LogP contribution in [0.4, 0.5) is 17.1 Å². The van der Waals surface area contributed by atoms with Crippen molar-refractivity contribution in [2.75, 3.05) is 10.6 Å². The van der Waals surface area contributed by atoms with Crippen LogP contribution in [0.1, 0.15) is 16.1 Å². The van der Waals surface area contributed by atoms with E-state index in [-0.39, 0.29) is 5.91 Å². The molecule has 0 aliphatic rings. The topological polar surface area (TPSA) is 66.9 Å². The molecule has 4 aromatic rings. The Morgan fingerprint density at radius 2 is 1.67 bits per heavy atom. The summed E-state index contributed by atoms with van der Waals surface area (Å²) in [5.74, 6) is -0.246. The second-order valence-electron chi connectivity index (χ2n) is 6.20. The van der Waals surface area contributed by atoms with E-state index < -0.39 is 0 Å². The van der Waals surface area contributed by atoms with Gasteiger partial charge in [-0.25, -0.2) is 0 Å². The van der Waals surface area contributed by atoms with Gasteiger partial charge in [-0.3, -0.25) is 14.8 Å². The summed E-state index contributed by atoms with van der Waals surface area (Å²) in [6, 6.07) is 21.1. The van der Waals surface area contributed by atoms with Crippen LogP contribution in [0.3, 0.4) is 0 Å². The van der Waals surface area contributed by atoms with E-state index in [9.17, 15) is 4.79 Å². The Balaban J connectivity index is 1.59. The van der Waals surface area contributed by atoms with Gasteiger partial charge in [-0.05, 0) is 42.8 Å². The van der Waals surface area contributed by atoms with Crippen molar-refractivity contribution in [1.82, 2.24) is 9.97 Å². The molecule has 0 aliphatic heterocycles. The number of carbonyl (C=O) groups is 1. The van der Waals surface area contributed by atoms with Crippen molar-refractivity contribution in [3.05, 3.63) is 90.4 Å². The summed E-state index contributed by atoms with van der Waals surface area (Å²) < 4.78 is 0. The molecule has 27 heavy (non-hydrogen) atoms. The average molecular weight is 354 g/mol. The highest BCUT2D eigenvalue weighted by atomic mass is 16.1. The number of anilines is 3. The molecule has 0 aliphatic carbocycles. The fraction of sp³-hybridized carbons (Fsp3) is 0.0455. The third-order valence-corrected chi connectivity index (χ3v) is 4.30. The first-order valence-corrected chi connectivity index (χ1v) is 8.64. The van der Waals surface area contributed by atoms with Crippen molar-refractivity contribution >= 4 is 33.9 Å². The Morgan fingerprint density at radius 1 is 0.852 bits per heavy atom. The summed E-state index contributed by atoms with van der Waals surface area (Å²) in [6.07, 6.45) is 3.38. The number of rotatable bonds is 4. The third kappa shape index (κ3) is 3.62. The number of fused-ring (bicyclic) bond motifs is 1. The van der Waals surface area contributed by atoms with E-state index in [0.29, 0.717) is 5.69 Å². The van der Waals surface area contributed by atoms with E-state index >= 15 is 0 Å². The predicted molar refractivity (Wildman–Crippen MR) is 108 cm³/mol. The lowest BCUT2D eigenvalue weighted by Crippen LogP contribution is -2.14. The maximum atomic E-state index is 12.6. The van der Waals surface area contributed by atoms with Gasteiger partial charge in [0.2, 0.25) is 0 Å². The Kier molecular flexibility index (Phi) is 4.49. The molecular formula is C22H18N4O. The maximum Gasteiger partial charge on any atom is 0.274 e. The van der Waals surface area contributed by atoms with Crippen LogP contribution in [0.5, 0.6) is 0 Å². The first kappa shape index (κ1) is 16.7. The van der Waals surface area contributed by atoms with Crippen LogP contribution in [0.25, 0.3) is 10.9 Å². The third-order valence-electron chi connectivity index (χ3n) is 4.30. The van der Waals surface area contributed by atoms with Crippen molar-refractivity contribution in [3.63, 3.8) is 0 Å². The van der Waals surface area contributed by atoms with Crippen LogP contribution < -0.4 is 10.6 Å². The first-order valence-electron chi connectivity index (χ1n) is 8.64. The van der Waals surface area contributed by atoms with Gasteiger partial charge in [-0.1, -0.05) is 36.4 Å². The number of aromatic nitrogens is 2. The SMILES string of the molecule is Cc1ccccc1NC(=O)c1cc(Nc2cccc3cccnc23)ccn1. The molecule has 132 valence electrons. The molecule has 2 aromatic heterocycles. The maximum absolute atomic E-state index is 12.6. The fourth-order valence-electron chi connectivity index (χ4n) is 2.89. The second kappa shape index (κ2) is 7.25. The van der Waals surface area contributed by atoms with Crippen molar-refractivity contribution in [1.29, 1.82) is 0 Å².